The third-order valence-corrected chi connectivity index (χ3v) is 9.96. The quantitative estimate of drug-likeness (QED) is 0.208. The highest BCUT2D eigenvalue weighted by atomic mass is 14.7. The molecule has 0 saturated carbocycles. The van der Waals surface area contributed by atoms with Crippen molar-refractivity contribution in [2.24, 2.45) is 0 Å². The molecule has 47 heavy (non-hydrogen) atoms. The molecule has 1 heterocycles. The second-order valence-electron chi connectivity index (χ2n) is 12.5. The molecule has 8 aromatic carbocycles. The van der Waals surface area contributed by atoms with Crippen LogP contribution in [-0.4, -0.2) is 4.98 Å². The third kappa shape index (κ3) is 3.90. The SMILES string of the molecule is c1ccc(-c2c3c(c(-c4ccccc4)c4ccccc24)-c2ccc(-c4ccc(-c5cc6ccccc6[nH]5)cc4)c4cccc-3c24)cc1. The first kappa shape index (κ1) is 26.1. The van der Waals surface area contributed by atoms with Gasteiger partial charge in [-0.05, 0) is 94.9 Å². The molecule has 0 spiro atoms. The predicted octanol–water partition coefficient (Wildman–Crippen LogP) is 12.8. The topological polar surface area (TPSA) is 15.8 Å². The van der Waals surface area contributed by atoms with E-state index in [1.165, 1.54) is 88.1 Å². The van der Waals surface area contributed by atoms with Crippen molar-refractivity contribution >= 4 is 32.4 Å². The Hall–Kier alpha value is -6.18. The van der Waals surface area contributed by atoms with Crippen molar-refractivity contribution in [3.8, 4) is 66.9 Å². The molecule has 0 unspecified atom stereocenters. The van der Waals surface area contributed by atoms with E-state index in [1.54, 1.807) is 0 Å². The number of benzene rings is 8. The van der Waals surface area contributed by atoms with E-state index >= 15 is 0 Å². The van der Waals surface area contributed by atoms with Crippen LogP contribution >= 0.6 is 0 Å². The first-order valence-electron chi connectivity index (χ1n) is 16.3. The van der Waals surface area contributed by atoms with Crippen molar-refractivity contribution in [2.45, 2.75) is 0 Å². The molecule has 218 valence electrons. The second kappa shape index (κ2) is 10.2. The molecule has 9 aromatic rings. The largest absolute Gasteiger partial charge is 0.355 e. The van der Waals surface area contributed by atoms with Crippen LogP contribution in [0.2, 0.25) is 0 Å². The van der Waals surface area contributed by atoms with Crippen molar-refractivity contribution in [2.75, 3.05) is 0 Å². The molecule has 1 aliphatic rings. The molecule has 0 saturated heterocycles. The lowest BCUT2D eigenvalue weighted by Gasteiger charge is -2.20. The first-order chi connectivity index (χ1) is 23.3. The highest BCUT2D eigenvalue weighted by Gasteiger charge is 2.31. The van der Waals surface area contributed by atoms with Crippen LogP contribution in [0.15, 0.2) is 170 Å². The number of fused-ring (bicyclic) bond motifs is 5. The lowest BCUT2D eigenvalue weighted by Crippen LogP contribution is -1.93. The van der Waals surface area contributed by atoms with Crippen molar-refractivity contribution in [3.63, 3.8) is 0 Å². The van der Waals surface area contributed by atoms with Gasteiger partial charge in [-0.2, -0.15) is 0 Å². The van der Waals surface area contributed by atoms with E-state index in [1.807, 2.05) is 0 Å². The number of hydrogen-bond acceptors (Lipinski definition) is 0. The van der Waals surface area contributed by atoms with Gasteiger partial charge in [-0.3, -0.25) is 0 Å². The molecule has 1 aromatic heterocycles. The molecular weight excluding hydrogens is 567 g/mol. The number of H-pyrrole nitrogens is 1. The van der Waals surface area contributed by atoms with E-state index in [-0.39, 0.29) is 0 Å². The summed E-state index contributed by atoms with van der Waals surface area (Å²) >= 11 is 0. The van der Waals surface area contributed by atoms with Gasteiger partial charge in [0.25, 0.3) is 0 Å². The van der Waals surface area contributed by atoms with Gasteiger partial charge in [0.05, 0.1) is 0 Å². The summed E-state index contributed by atoms with van der Waals surface area (Å²) in [5.74, 6) is 0. The Morgan fingerprint density at radius 1 is 0.319 bits per heavy atom. The van der Waals surface area contributed by atoms with Gasteiger partial charge < -0.3 is 4.98 Å². The Bertz CT molecular complexity index is 2520. The van der Waals surface area contributed by atoms with Gasteiger partial charge in [0.2, 0.25) is 0 Å². The summed E-state index contributed by atoms with van der Waals surface area (Å²) in [5.41, 5.74) is 16.4. The lowest BCUT2D eigenvalue weighted by molar-refractivity contribution is 1.45. The number of aromatic nitrogens is 1. The van der Waals surface area contributed by atoms with Gasteiger partial charge in [-0.25, -0.2) is 0 Å². The third-order valence-electron chi connectivity index (χ3n) is 9.96. The van der Waals surface area contributed by atoms with Gasteiger partial charge >= 0.3 is 0 Å². The Balaban J connectivity index is 1.23. The van der Waals surface area contributed by atoms with Crippen LogP contribution in [0.3, 0.4) is 0 Å². The zero-order chi connectivity index (χ0) is 30.9. The molecule has 10 rings (SSSR count). The number of rotatable bonds is 4. The summed E-state index contributed by atoms with van der Waals surface area (Å²) < 4.78 is 0. The summed E-state index contributed by atoms with van der Waals surface area (Å²) in [5, 5.41) is 6.43. The molecule has 0 atom stereocenters. The number of nitrogens with one attached hydrogen (secondary N) is 1. The Kier molecular flexibility index (Phi) is 5.64. The Morgan fingerprint density at radius 3 is 1.51 bits per heavy atom. The monoisotopic (exact) mass is 595 g/mol. The molecule has 0 aliphatic heterocycles. The van der Waals surface area contributed by atoms with Crippen LogP contribution in [-0.2, 0) is 0 Å². The summed E-state index contributed by atoms with van der Waals surface area (Å²) in [6, 6.07) is 62.1. The maximum Gasteiger partial charge on any atom is 0.0464 e. The highest BCUT2D eigenvalue weighted by molar-refractivity contribution is 6.28. The summed E-state index contributed by atoms with van der Waals surface area (Å²) in [7, 11) is 0. The average molecular weight is 596 g/mol. The zero-order valence-electron chi connectivity index (χ0n) is 25.7. The van der Waals surface area contributed by atoms with Gasteiger partial charge in [0.15, 0.2) is 0 Å². The van der Waals surface area contributed by atoms with E-state index in [9.17, 15) is 0 Å². The fourth-order valence-electron chi connectivity index (χ4n) is 7.92. The smallest absolute Gasteiger partial charge is 0.0464 e. The van der Waals surface area contributed by atoms with Crippen LogP contribution in [0.4, 0.5) is 0 Å². The van der Waals surface area contributed by atoms with Gasteiger partial charge in [-0.1, -0.05) is 158 Å². The highest BCUT2D eigenvalue weighted by Crippen LogP contribution is 2.58. The molecule has 0 amide bonds. The minimum Gasteiger partial charge on any atom is -0.355 e. The van der Waals surface area contributed by atoms with E-state index < -0.39 is 0 Å². The molecule has 0 radical (unpaired) electrons. The summed E-state index contributed by atoms with van der Waals surface area (Å²) in [6.45, 7) is 0. The van der Waals surface area contributed by atoms with E-state index in [0.29, 0.717) is 0 Å². The van der Waals surface area contributed by atoms with Crippen LogP contribution < -0.4 is 0 Å². The van der Waals surface area contributed by atoms with Crippen molar-refractivity contribution in [1.82, 2.24) is 4.98 Å². The van der Waals surface area contributed by atoms with Crippen molar-refractivity contribution < 1.29 is 0 Å². The normalized spacial score (nSPS) is 11.8. The number of hydrogen-bond donors (Lipinski definition) is 1. The molecular formula is C46H29N. The van der Waals surface area contributed by atoms with E-state index in [0.717, 1.165) is 11.2 Å². The molecule has 1 nitrogen and oxygen atoms in total. The Morgan fingerprint density at radius 2 is 0.851 bits per heavy atom. The summed E-state index contributed by atoms with van der Waals surface area (Å²) in [6.07, 6.45) is 0. The predicted molar refractivity (Wildman–Crippen MR) is 199 cm³/mol. The zero-order valence-corrected chi connectivity index (χ0v) is 25.7. The van der Waals surface area contributed by atoms with E-state index in [4.69, 9.17) is 0 Å². The fraction of sp³-hybridized carbons (Fsp3) is 0. The maximum atomic E-state index is 3.59. The minimum absolute atomic E-state index is 1.14. The van der Waals surface area contributed by atoms with Crippen molar-refractivity contribution in [3.05, 3.63) is 170 Å². The fourth-order valence-corrected chi connectivity index (χ4v) is 7.92. The maximum absolute atomic E-state index is 3.59. The molecule has 0 bridgehead atoms. The minimum atomic E-state index is 1.14. The summed E-state index contributed by atoms with van der Waals surface area (Å²) in [4.78, 5) is 3.59. The number of para-hydroxylation sites is 1. The van der Waals surface area contributed by atoms with Crippen LogP contribution in [0.1, 0.15) is 0 Å². The second-order valence-corrected chi connectivity index (χ2v) is 12.5. The Labute approximate surface area is 273 Å². The van der Waals surface area contributed by atoms with Gasteiger partial charge in [0.1, 0.15) is 0 Å². The van der Waals surface area contributed by atoms with Crippen LogP contribution in [0.25, 0.3) is 99.3 Å². The van der Waals surface area contributed by atoms with Gasteiger partial charge in [-0.15, -0.1) is 0 Å². The van der Waals surface area contributed by atoms with Gasteiger partial charge in [0, 0.05) is 16.6 Å². The standard InChI is InChI=1S/C46H29N/c1-3-12-31(13-4-1)42-36-17-8-9-18-37(36)43(32-14-5-2-6-15-32)46-39-27-26-34(35-19-11-20-38(44(35)39)45(42)46)29-22-24-30(25-23-29)41-28-33-16-7-10-21-40(33)47-41/h1-28,47H. The van der Waals surface area contributed by atoms with Crippen molar-refractivity contribution in [1.29, 1.82) is 0 Å². The first-order valence-corrected chi connectivity index (χ1v) is 16.3. The lowest BCUT2D eigenvalue weighted by atomic mass is 9.82. The molecule has 1 heteroatoms. The average Bonchev–Trinajstić information content (AvgIpc) is 3.72. The van der Waals surface area contributed by atoms with E-state index in [2.05, 4.69) is 175 Å². The van der Waals surface area contributed by atoms with Crippen LogP contribution in [0.5, 0.6) is 0 Å². The molecule has 1 aliphatic carbocycles. The van der Waals surface area contributed by atoms with Crippen LogP contribution in [0, 0.1) is 0 Å². The molecule has 1 N–H and O–H groups in total. The molecule has 0 fully saturated rings. The number of aromatic amines is 1.